The number of piperazine rings is 1. The highest BCUT2D eigenvalue weighted by Gasteiger charge is 2.24. The first kappa shape index (κ1) is 19.9. The quantitative estimate of drug-likeness (QED) is 0.528. The summed E-state index contributed by atoms with van der Waals surface area (Å²) in [4.78, 5) is 29.0. The van der Waals surface area contributed by atoms with Crippen LogP contribution < -0.4 is 4.90 Å². The van der Waals surface area contributed by atoms with Gasteiger partial charge in [-0.05, 0) is 42.5 Å². The molecule has 1 saturated heterocycles. The molecule has 0 radical (unpaired) electrons. The number of hydrogen-bond acceptors (Lipinski definition) is 6. The van der Waals surface area contributed by atoms with Gasteiger partial charge in [-0.2, -0.15) is 5.10 Å². The third-order valence-electron chi connectivity index (χ3n) is 5.42. The third-order valence-corrected chi connectivity index (χ3v) is 5.42. The number of hydrogen-bond donors (Lipinski definition) is 1. The number of carboxylic acid groups (broad SMARTS) is 1. The Kier molecular flexibility index (Phi) is 5.10. The summed E-state index contributed by atoms with van der Waals surface area (Å²) < 4.78 is 15.1. The van der Waals surface area contributed by atoms with Gasteiger partial charge in [-0.1, -0.05) is 0 Å². The largest absolute Gasteiger partial charge is 0.465 e. The Labute approximate surface area is 182 Å². The average Bonchev–Trinajstić information content (AvgIpc) is 3.32. The van der Waals surface area contributed by atoms with E-state index in [4.69, 9.17) is 9.97 Å². The molecule has 9 nitrogen and oxygen atoms in total. The van der Waals surface area contributed by atoms with Gasteiger partial charge in [-0.25, -0.2) is 24.1 Å². The van der Waals surface area contributed by atoms with Crippen molar-refractivity contribution in [1.29, 1.82) is 0 Å². The lowest BCUT2D eigenvalue weighted by Crippen LogP contribution is -2.48. The van der Waals surface area contributed by atoms with Crippen LogP contribution in [0.4, 0.5) is 15.0 Å². The van der Waals surface area contributed by atoms with Gasteiger partial charge in [0.2, 0.25) is 0 Å². The van der Waals surface area contributed by atoms with Crippen molar-refractivity contribution < 1.29 is 14.3 Å². The van der Waals surface area contributed by atoms with Crippen molar-refractivity contribution in [3.8, 4) is 11.3 Å². The lowest BCUT2D eigenvalue weighted by Gasteiger charge is -2.34. The van der Waals surface area contributed by atoms with E-state index in [1.165, 1.54) is 17.0 Å². The maximum Gasteiger partial charge on any atom is 0.407 e. The van der Waals surface area contributed by atoms with Crippen molar-refractivity contribution in [3.63, 3.8) is 0 Å². The van der Waals surface area contributed by atoms with Crippen LogP contribution in [0.2, 0.25) is 0 Å². The van der Waals surface area contributed by atoms with E-state index < -0.39 is 6.09 Å². The molecule has 0 aliphatic carbocycles. The molecule has 1 N–H and O–H groups in total. The molecule has 10 heteroatoms. The Bertz CT molecular complexity index is 1250. The molecule has 3 aromatic heterocycles. The fourth-order valence-corrected chi connectivity index (χ4v) is 3.77. The van der Waals surface area contributed by atoms with E-state index in [1.54, 1.807) is 23.0 Å². The lowest BCUT2D eigenvalue weighted by atomic mass is 10.1. The zero-order valence-corrected chi connectivity index (χ0v) is 17.1. The number of rotatable bonds is 4. The van der Waals surface area contributed by atoms with Gasteiger partial charge >= 0.3 is 6.09 Å². The van der Waals surface area contributed by atoms with Crippen LogP contribution >= 0.6 is 0 Å². The van der Waals surface area contributed by atoms with E-state index in [-0.39, 0.29) is 5.82 Å². The molecule has 1 aliphatic rings. The second-order valence-corrected chi connectivity index (χ2v) is 7.49. The molecule has 4 heterocycles. The topological polar surface area (TPSA) is 100 Å². The standard InChI is InChI=1S/C22H20FN7O2/c23-16-4-2-15(3-5-16)17-6-7-18-20(26-17)21(28-10-12-29(13-11-28)22(31)32)27-19(25-18)14-30-9-1-8-24-30/h1-9H,10-14H2,(H,31,32). The maximum absolute atomic E-state index is 13.4. The molecule has 4 aromatic rings. The van der Waals surface area contributed by atoms with E-state index in [9.17, 15) is 14.3 Å². The summed E-state index contributed by atoms with van der Waals surface area (Å²) in [6, 6.07) is 11.7. The van der Waals surface area contributed by atoms with Crippen LogP contribution in [0.5, 0.6) is 0 Å². The van der Waals surface area contributed by atoms with Crippen LogP contribution in [0.1, 0.15) is 5.82 Å². The van der Waals surface area contributed by atoms with Gasteiger partial charge in [0.25, 0.3) is 0 Å². The second kappa shape index (κ2) is 8.22. The first-order valence-electron chi connectivity index (χ1n) is 10.2. The van der Waals surface area contributed by atoms with Crippen LogP contribution in [-0.4, -0.2) is 67.0 Å². The molecule has 1 amide bonds. The highest BCUT2D eigenvalue weighted by atomic mass is 19.1. The van der Waals surface area contributed by atoms with Gasteiger partial charge in [0.1, 0.15) is 17.9 Å². The molecule has 0 saturated carbocycles. The molecule has 1 aromatic carbocycles. The fraction of sp³-hybridized carbons (Fsp3) is 0.227. The van der Waals surface area contributed by atoms with E-state index in [1.807, 2.05) is 29.3 Å². The van der Waals surface area contributed by atoms with Gasteiger partial charge in [0, 0.05) is 44.1 Å². The molecule has 32 heavy (non-hydrogen) atoms. The molecule has 0 bridgehead atoms. The lowest BCUT2D eigenvalue weighted by molar-refractivity contribution is 0.142. The Morgan fingerprint density at radius 3 is 2.47 bits per heavy atom. The second-order valence-electron chi connectivity index (χ2n) is 7.49. The Hall–Kier alpha value is -4.08. The van der Waals surface area contributed by atoms with Crippen LogP contribution in [0.3, 0.4) is 0 Å². The predicted octanol–water partition coefficient (Wildman–Crippen LogP) is 2.88. The van der Waals surface area contributed by atoms with Crippen molar-refractivity contribution >= 4 is 22.9 Å². The van der Waals surface area contributed by atoms with E-state index in [2.05, 4.69) is 10.1 Å². The summed E-state index contributed by atoms with van der Waals surface area (Å²) in [5.74, 6) is 0.942. The number of anilines is 1. The molecule has 5 rings (SSSR count). The van der Waals surface area contributed by atoms with Crippen LogP contribution in [0.25, 0.3) is 22.3 Å². The van der Waals surface area contributed by atoms with Gasteiger partial charge in [0.05, 0.1) is 11.2 Å². The summed E-state index contributed by atoms with van der Waals surface area (Å²) in [6.07, 6.45) is 2.62. The number of pyridine rings is 1. The number of carbonyl (C=O) groups is 1. The first-order valence-corrected chi connectivity index (χ1v) is 10.2. The van der Waals surface area contributed by atoms with Crippen molar-refractivity contribution in [2.45, 2.75) is 6.54 Å². The summed E-state index contributed by atoms with van der Waals surface area (Å²) in [5.41, 5.74) is 2.78. The number of fused-ring (bicyclic) bond motifs is 1. The van der Waals surface area contributed by atoms with Crippen molar-refractivity contribution in [1.82, 2.24) is 29.6 Å². The summed E-state index contributed by atoms with van der Waals surface area (Å²) in [5, 5.41) is 13.5. The smallest absolute Gasteiger partial charge is 0.407 e. The fourth-order valence-electron chi connectivity index (χ4n) is 3.77. The third kappa shape index (κ3) is 3.94. The summed E-state index contributed by atoms with van der Waals surface area (Å²) in [7, 11) is 0. The number of aromatic nitrogens is 5. The zero-order chi connectivity index (χ0) is 22.1. The Morgan fingerprint density at radius 2 is 1.78 bits per heavy atom. The molecule has 0 spiro atoms. The van der Waals surface area contributed by atoms with Gasteiger partial charge in [0.15, 0.2) is 11.6 Å². The van der Waals surface area contributed by atoms with Crippen molar-refractivity contribution in [2.24, 2.45) is 0 Å². The minimum Gasteiger partial charge on any atom is -0.465 e. The summed E-state index contributed by atoms with van der Waals surface area (Å²) in [6.45, 7) is 2.18. The first-order chi connectivity index (χ1) is 15.6. The number of amides is 1. The Morgan fingerprint density at radius 1 is 1.00 bits per heavy atom. The van der Waals surface area contributed by atoms with E-state index in [0.29, 0.717) is 61.1 Å². The molecular formula is C22H20FN7O2. The maximum atomic E-state index is 13.4. The Balaban J connectivity index is 1.57. The van der Waals surface area contributed by atoms with Gasteiger partial charge in [-0.3, -0.25) is 4.68 Å². The number of halogens is 1. The monoisotopic (exact) mass is 433 g/mol. The van der Waals surface area contributed by atoms with Crippen LogP contribution in [0, 0.1) is 5.82 Å². The molecule has 1 fully saturated rings. The molecular weight excluding hydrogens is 413 g/mol. The van der Waals surface area contributed by atoms with Gasteiger partial charge < -0.3 is 14.9 Å². The zero-order valence-electron chi connectivity index (χ0n) is 17.1. The van der Waals surface area contributed by atoms with Crippen LogP contribution in [-0.2, 0) is 6.54 Å². The normalized spacial score (nSPS) is 14.2. The van der Waals surface area contributed by atoms with Crippen molar-refractivity contribution in [2.75, 3.05) is 31.1 Å². The highest BCUT2D eigenvalue weighted by molar-refractivity contribution is 5.88. The van der Waals surface area contributed by atoms with Gasteiger partial charge in [-0.15, -0.1) is 0 Å². The van der Waals surface area contributed by atoms with E-state index >= 15 is 0 Å². The molecule has 1 aliphatic heterocycles. The number of benzene rings is 1. The summed E-state index contributed by atoms with van der Waals surface area (Å²) >= 11 is 0. The molecule has 162 valence electrons. The average molecular weight is 433 g/mol. The highest BCUT2D eigenvalue weighted by Crippen LogP contribution is 2.27. The van der Waals surface area contributed by atoms with E-state index in [0.717, 1.165) is 5.56 Å². The minimum atomic E-state index is -0.923. The minimum absolute atomic E-state index is 0.307. The molecule has 0 unspecified atom stereocenters. The SMILES string of the molecule is O=C(O)N1CCN(c2nc(Cn3cccn3)nc3ccc(-c4ccc(F)cc4)nc23)CC1. The molecule has 0 atom stereocenters. The van der Waals surface area contributed by atoms with Crippen LogP contribution in [0.15, 0.2) is 54.9 Å². The number of nitrogens with zero attached hydrogens (tertiary/aromatic N) is 7. The van der Waals surface area contributed by atoms with Crippen molar-refractivity contribution in [3.05, 3.63) is 66.5 Å². The predicted molar refractivity (Wildman–Crippen MR) is 116 cm³/mol.